The third-order valence-corrected chi connectivity index (χ3v) is 5.47. The van der Waals surface area contributed by atoms with Crippen molar-refractivity contribution in [3.8, 4) is 0 Å². The van der Waals surface area contributed by atoms with E-state index < -0.39 is 5.97 Å². The van der Waals surface area contributed by atoms with Crippen LogP contribution in [0.25, 0.3) is 0 Å². The predicted octanol–water partition coefficient (Wildman–Crippen LogP) is 3.66. The average molecular weight is 380 g/mol. The van der Waals surface area contributed by atoms with Crippen LogP contribution in [0.1, 0.15) is 43.6 Å². The number of nitrogens with zero attached hydrogens (tertiary/aromatic N) is 1. The molecule has 0 spiro atoms. The van der Waals surface area contributed by atoms with Gasteiger partial charge in [0.2, 0.25) is 5.91 Å². The van der Waals surface area contributed by atoms with Gasteiger partial charge in [-0.05, 0) is 55.2 Å². The monoisotopic (exact) mass is 379 g/mol. The number of piperidine rings is 1. The summed E-state index contributed by atoms with van der Waals surface area (Å²) in [6.45, 7) is 1.55. The van der Waals surface area contributed by atoms with Gasteiger partial charge in [-0.1, -0.05) is 28.1 Å². The molecule has 2 fully saturated rings. The number of aliphatic carboxylic acids is 1. The fourth-order valence-electron chi connectivity index (χ4n) is 3.64. The van der Waals surface area contributed by atoms with Gasteiger partial charge >= 0.3 is 5.97 Å². The second-order valence-electron chi connectivity index (χ2n) is 6.73. The van der Waals surface area contributed by atoms with Crippen LogP contribution >= 0.6 is 15.9 Å². The van der Waals surface area contributed by atoms with Crippen LogP contribution < -0.4 is 0 Å². The van der Waals surface area contributed by atoms with E-state index in [0.717, 1.165) is 36.8 Å². The lowest BCUT2D eigenvalue weighted by Crippen LogP contribution is -2.41. The van der Waals surface area contributed by atoms with Gasteiger partial charge in [0.15, 0.2) is 0 Å². The minimum atomic E-state index is -0.745. The number of rotatable bonds is 5. The molecule has 5 heteroatoms. The molecule has 1 aromatic rings. The van der Waals surface area contributed by atoms with Gasteiger partial charge in [-0.2, -0.15) is 0 Å². The van der Waals surface area contributed by atoms with Gasteiger partial charge in [0.05, 0.1) is 0 Å². The highest BCUT2D eigenvalue weighted by Gasteiger charge is 2.46. The Labute approximate surface area is 145 Å². The molecule has 1 saturated heterocycles. The zero-order valence-corrected chi connectivity index (χ0v) is 14.7. The van der Waals surface area contributed by atoms with Crippen molar-refractivity contribution in [2.75, 3.05) is 13.1 Å². The summed E-state index contributed by atoms with van der Waals surface area (Å²) in [5.74, 6) is 0.314. The molecule has 1 aliphatic heterocycles. The third-order valence-electron chi connectivity index (χ3n) is 4.98. The summed E-state index contributed by atoms with van der Waals surface area (Å²) in [6, 6.07) is 8.21. The lowest BCUT2D eigenvalue weighted by molar-refractivity contribution is -0.137. The Morgan fingerprint density at radius 1 is 1.35 bits per heavy atom. The van der Waals surface area contributed by atoms with Crippen molar-refractivity contribution in [2.24, 2.45) is 11.8 Å². The van der Waals surface area contributed by atoms with Crippen molar-refractivity contribution in [2.45, 2.75) is 38.0 Å². The molecule has 4 nitrogen and oxygen atoms in total. The topological polar surface area (TPSA) is 57.6 Å². The Morgan fingerprint density at radius 2 is 2.17 bits per heavy atom. The zero-order chi connectivity index (χ0) is 16.4. The third kappa shape index (κ3) is 4.14. The number of carbonyl (C=O) groups excluding carboxylic acids is 1. The van der Waals surface area contributed by atoms with E-state index in [1.807, 2.05) is 17.0 Å². The summed E-state index contributed by atoms with van der Waals surface area (Å²) in [5, 5.41) is 8.82. The van der Waals surface area contributed by atoms with Crippen molar-refractivity contribution in [3.63, 3.8) is 0 Å². The largest absolute Gasteiger partial charge is 0.481 e. The molecule has 3 rings (SSSR count). The van der Waals surface area contributed by atoms with Gasteiger partial charge < -0.3 is 10.0 Å². The van der Waals surface area contributed by atoms with E-state index in [0.29, 0.717) is 18.3 Å². The number of hydrogen-bond donors (Lipinski definition) is 1. The van der Waals surface area contributed by atoms with Crippen molar-refractivity contribution >= 4 is 27.8 Å². The van der Waals surface area contributed by atoms with Crippen LogP contribution in [-0.4, -0.2) is 35.0 Å². The molecule has 1 saturated carbocycles. The quantitative estimate of drug-likeness (QED) is 0.848. The van der Waals surface area contributed by atoms with Gasteiger partial charge in [0, 0.05) is 29.9 Å². The van der Waals surface area contributed by atoms with Gasteiger partial charge in [-0.25, -0.2) is 0 Å². The summed E-state index contributed by atoms with van der Waals surface area (Å²) in [4.78, 5) is 25.4. The highest BCUT2D eigenvalue weighted by molar-refractivity contribution is 9.10. The predicted molar refractivity (Wildman–Crippen MR) is 91.2 cm³/mol. The van der Waals surface area contributed by atoms with Crippen LogP contribution in [0.5, 0.6) is 0 Å². The average Bonchev–Trinajstić information content (AvgIpc) is 3.33. The van der Waals surface area contributed by atoms with Crippen molar-refractivity contribution < 1.29 is 14.7 Å². The van der Waals surface area contributed by atoms with Crippen LogP contribution in [0.3, 0.4) is 0 Å². The molecule has 0 radical (unpaired) electrons. The molecule has 1 amide bonds. The van der Waals surface area contributed by atoms with Gasteiger partial charge in [0.1, 0.15) is 0 Å². The van der Waals surface area contributed by atoms with E-state index in [-0.39, 0.29) is 18.2 Å². The Balaban J connectivity index is 1.55. The molecule has 23 heavy (non-hydrogen) atoms. The van der Waals surface area contributed by atoms with E-state index in [4.69, 9.17) is 5.11 Å². The first-order valence-electron chi connectivity index (χ1n) is 8.30. The molecule has 2 aliphatic rings. The maximum atomic E-state index is 12.7. The number of halogens is 1. The smallest absolute Gasteiger partial charge is 0.303 e. The fourth-order valence-corrected chi connectivity index (χ4v) is 4.05. The Bertz CT molecular complexity index is 604. The lowest BCUT2D eigenvalue weighted by atomic mass is 9.93. The normalized spacial score (nSPS) is 26.8. The summed E-state index contributed by atoms with van der Waals surface area (Å²) in [5.41, 5.74) is 1.23. The van der Waals surface area contributed by atoms with E-state index in [1.165, 1.54) is 5.56 Å². The van der Waals surface area contributed by atoms with E-state index in [2.05, 4.69) is 28.1 Å². The highest BCUT2D eigenvalue weighted by atomic mass is 79.9. The van der Waals surface area contributed by atoms with Crippen LogP contribution in [0.15, 0.2) is 28.7 Å². The first-order valence-corrected chi connectivity index (χ1v) is 9.10. The van der Waals surface area contributed by atoms with E-state index in [1.54, 1.807) is 0 Å². The number of hydrogen-bond acceptors (Lipinski definition) is 2. The number of likely N-dealkylation sites (tertiary alicyclic amines) is 1. The minimum absolute atomic E-state index is 0.113. The van der Waals surface area contributed by atoms with E-state index in [9.17, 15) is 9.59 Å². The molecule has 1 aromatic carbocycles. The number of carboxylic acids is 1. The number of benzene rings is 1. The van der Waals surface area contributed by atoms with Crippen molar-refractivity contribution in [3.05, 3.63) is 34.3 Å². The Kier molecular flexibility index (Phi) is 5.05. The number of carbonyl (C=O) groups is 2. The van der Waals surface area contributed by atoms with Gasteiger partial charge in [0.25, 0.3) is 0 Å². The second kappa shape index (κ2) is 7.04. The summed E-state index contributed by atoms with van der Waals surface area (Å²) in [6.07, 6.45) is 3.85. The second-order valence-corrected chi connectivity index (χ2v) is 7.64. The van der Waals surface area contributed by atoms with E-state index >= 15 is 0 Å². The fraction of sp³-hybridized carbons (Fsp3) is 0.556. The van der Waals surface area contributed by atoms with Crippen molar-refractivity contribution in [1.82, 2.24) is 4.90 Å². The summed E-state index contributed by atoms with van der Waals surface area (Å²) < 4.78 is 1.06. The molecular formula is C18H22BrNO3. The summed E-state index contributed by atoms with van der Waals surface area (Å²) in [7, 11) is 0. The molecule has 1 heterocycles. The Hall–Kier alpha value is -1.36. The first-order chi connectivity index (χ1) is 11.0. The molecule has 0 bridgehead atoms. The minimum Gasteiger partial charge on any atom is -0.481 e. The van der Waals surface area contributed by atoms with Gasteiger partial charge in [-0.3, -0.25) is 9.59 Å². The lowest BCUT2D eigenvalue weighted by Gasteiger charge is -2.33. The zero-order valence-electron chi connectivity index (χ0n) is 13.1. The van der Waals surface area contributed by atoms with Crippen LogP contribution in [0.4, 0.5) is 0 Å². The molecule has 0 aromatic heterocycles. The molecule has 0 unspecified atom stereocenters. The summed E-state index contributed by atoms with van der Waals surface area (Å²) >= 11 is 3.49. The molecular weight excluding hydrogens is 358 g/mol. The van der Waals surface area contributed by atoms with Crippen molar-refractivity contribution in [1.29, 1.82) is 0 Å². The van der Waals surface area contributed by atoms with Crippen LogP contribution in [-0.2, 0) is 9.59 Å². The van der Waals surface area contributed by atoms with Crippen LogP contribution in [0, 0.1) is 11.8 Å². The maximum absolute atomic E-state index is 12.7. The van der Waals surface area contributed by atoms with Gasteiger partial charge in [-0.15, -0.1) is 0 Å². The van der Waals surface area contributed by atoms with Crippen LogP contribution in [0.2, 0.25) is 0 Å². The molecule has 1 aliphatic carbocycles. The molecule has 1 N–H and O–H groups in total. The standard InChI is InChI=1S/C18H22BrNO3/c19-14-5-1-4-13(9-14)15-10-16(15)18(23)20-8-2-3-12(11-20)6-7-17(21)22/h1,4-5,9,12,15-16H,2-3,6-8,10-11H2,(H,21,22)/t12-,15+,16-/m0/s1. The first kappa shape index (κ1) is 16.5. The number of carboxylic acid groups (broad SMARTS) is 1. The SMILES string of the molecule is O=C(O)CC[C@@H]1CCCN(C(=O)[C@H]2C[C@@H]2c2cccc(Br)c2)C1. The maximum Gasteiger partial charge on any atom is 0.303 e. The molecule has 124 valence electrons. The Morgan fingerprint density at radius 3 is 2.91 bits per heavy atom. The number of amides is 1. The highest BCUT2D eigenvalue weighted by Crippen LogP contribution is 2.49. The molecule has 3 atom stereocenters.